The van der Waals surface area contributed by atoms with Gasteiger partial charge in [0.05, 0.1) is 18.7 Å². The van der Waals surface area contributed by atoms with Gasteiger partial charge in [0, 0.05) is 0 Å². The first kappa shape index (κ1) is 15.9. The number of methoxy groups -OCH3 is 1. The zero-order valence-corrected chi connectivity index (χ0v) is 13.6. The SMILES string of the molecule is COc1cccc(C(=O)N[C@H](C)c2cccc3ccccc23)c1O. The second kappa shape index (κ2) is 6.62. The summed E-state index contributed by atoms with van der Waals surface area (Å²) in [7, 11) is 1.45. The number of fused-ring (bicyclic) bond motifs is 1. The number of hydrogen-bond donors (Lipinski definition) is 2. The average Bonchev–Trinajstić information content (AvgIpc) is 2.61. The molecule has 3 aromatic carbocycles. The van der Waals surface area contributed by atoms with Crippen LogP contribution in [-0.2, 0) is 0 Å². The first-order valence-electron chi connectivity index (χ1n) is 7.76. The van der Waals surface area contributed by atoms with Gasteiger partial charge in [-0.3, -0.25) is 4.79 Å². The number of hydrogen-bond acceptors (Lipinski definition) is 3. The van der Waals surface area contributed by atoms with Crippen molar-refractivity contribution in [2.75, 3.05) is 7.11 Å². The highest BCUT2D eigenvalue weighted by Crippen LogP contribution is 2.30. The lowest BCUT2D eigenvalue weighted by molar-refractivity contribution is 0.0937. The van der Waals surface area contributed by atoms with E-state index in [4.69, 9.17) is 4.74 Å². The Morgan fingerprint density at radius 2 is 1.75 bits per heavy atom. The number of aromatic hydroxyl groups is 1. The highest BCUT2D eigenvalue weighted by molar-refractivity contribution is 5.98. The van der Waals surface area contributed by atoms with Gasteiger partial charge < -0.3 is 15.2 Å². The van der Waals surface area contributed by atoms with Crippen LogP contribution in [0.25, 0.3) is 10.8 Å². The molecule has 24 heavy (non-hydrogen) atoms. The summed E-state index contributed by atoms with van der Waals surface area (Å²) in [6, 6.07) is 18.7. The van der Waals surface area contributed by atoms with Gasteiger partial charge in [-0.05, 0) is 35.4 Å². The Balaban J connectivity index is 1.89. The summed E-state index contributed by atoms with van der Waals surface area (Å²) in [6.07, 6.45) is 0. The zero-order chi connectivity index (χ0) is 17.1. The molecular weight excluding hydrogens is 302 g/mol. The summed E-state index contributed by atoms with van der Waals surface area (Å²) in [4.78, 5) is 12.5. The van der Waals surface area contributed by atoms with E-state index in [0.717, 1.165) is 16.3 Å². The van der Waals surface area contributed by atoms with E-state index in [2.05, 4.69) is 5.32 Å². The number of ether oxygens (including phenoxy) is 1. The van der Waals surface area contributed by atoms with E-state index in [1.807, 2.05) is 49.4 Å². The number of phenolic OH excluding ortho intramolecular Hbond substituents is 1. The number of nitrogens with one attached hydrogen (secondary N) is 1. The van der Waals surface area contributed by atoms with E-state index >= 15 is 0 Å². The van der Waals surface area contributed by atoms with E-state index in [1.165, 1.54) is 7.11 Å². The molecule has 0 spiro atoms. The topological polar surface area (TPSA) is 58.6 Å². The van der Waals surface area contributed by atoms with Gasteiger partial charge in [0.1, 0.15) is 0 Å². The average molecular weight is 321 g/mol. The fourth-order valence-corrected chi connectivity index (χ4v) is 2.85. The van der Waals surface area contributed by atoms with Crippen molar-refractivity contribution in [3.05, 3.63) is 71.8 Å². The third-order valence-electron chi connectivity index (χ3n) is 4.10. The number of para-hydroxylation sites is 1. The molecule has 0 aliphatic carbocycles. The van der Waals surface area contributed by atoms with Crippen molar-refractivity contribution in [3.8, 4) is 11.5 Å². The lowest BCUT2D eigenvalue weighted by Gasteiger charge is -2.17. The molecule has 0 aromatic heterocycles. The summed E-state index contributed by atoms with van der Waals surface area (Å²) < 4.78 is 5.05. The minimum absolute atomic E-state index is 0.150. The second-order valence-electron chi connectivity index (χ2n) is 5.62. The van der Waals surface area contributed by atoms with Gasteiger partial charge in [0.25, 0.3) is 5.91 Å². The predicted molar refractivity (Wildman–Crippen MR) is 94.5 cm³/mol. The molecule has 1 atom stereocenters. The van der Waals surface area contributed by atoms with Gasteiger partial charge in [0.2, 0.25) is 0 Å². The number of phenols is 1. The fourth-order valence-electron chi connectivity index (χ4n) is 2.85. The number of benzene rings is 3. The molecule has 0 saturated heterocycles. The smallest absolute Gasteiger partial charge is 0.255 e. The largest absolute Gasteiger partial charge is 0.504 e. The van der Waals surface area contributed by atoms with Crippen LogP contribution in [-0.4, -0.2) is 18.1 Å². The van der Waals surface area contributed by atoms with Crippen LogP contribution in [0.3, 0.4) is 0 Å². The van der Waals surface area contributed by atoms with Gasteiger partial charge in [-0.25, -0.2) is 0 Å². The van der Waals surface area contributed by atoms with Crippen LogP contribution in [0, 0.1) is 0 Å². The molecule has 0 fully saturated rings. The number of carbonyl (C=O) groups is 1. The van der Waals surface area contributed by atoms with Crippen molar-refractivity contribution in [1.82, 2.24) is 5.32 Å². The van der Waals surface area contributed by atoms with Crippen molar-refractivity contribution in [1.29, 1.82) is 0 Å². The Morgan fingerprint density at radius 3 is 2.54 bits per heavy atom. The lowest BCUT2D eigenvalue weighted by atomic mass is 9.99. The van der Waals surface area contributed by atoms with E-state index in [1.54, 1.807) is 18.2 Å². The predicted octanol–water partition coefficient (Wildman–Crippen LogP) is 4.05. The van der Waals surface area contributed by atoms with Crippen LogP contribution in [0.5, 0.6) is 11.5 Å². The maximum Gasteiger partial charge on any atom is 0.255 e. The number of amides is 1. The van der Waals surface area contributed by atoms with E-state index in [9.17, 15) is 9.90 Å². The molecule has 3 rings (SSSR count). The second-order valence-corrected chi connectivity index (χ2v) is 5.62. The third kappa shape index (κ3) is 2.91. The Kier molecular flexibility index (Phi) is 4.38. The number of rotatable bonds is 4. The minimum Gasteiger partial charge on any atom is -0.504 e. The van der Waals surface area contributed by atoms with Crippen molar-refractivity contribution in [2.24, 2.45) is 0 Å². The van der Waals surface area contributed by atoms with Gasteiger partial charge in [0.15, 0.2) is 11.5 Å². The lowest BCUT2D eigenvalue weighted by Crippen LogP contribution is -2.26. The molecule has 0 aliphatic rings. The van der Waals surface area contributed by atoms with Crippen molar-refractivity contribution < 1.29 is 14.6 Å². The first-order chi connectivity index (χ1) is 11.6. The summed E-state index contributed by atoms with van der Waals surface area (Å²) in [5, 5.41) is 15.3. The van der Waals surface area contributed by atoms with E-state index < -0.39 is 0 Å². The zero-order valence-electron chi connectivity index (χ0n) is 13.6. The van der Waals surface area contributed by atoms with Gasteiger partial charge in [-0.2, -0.15) is 0 Å². The quantitative estimate of drug-likeness (QED) is 0.762. The van der Waals surface area contributed by atoms with E-state index in [-0.39, 0.29) is 29.0 Å². The van der Waals surface area contributed by atoms with Crippen LogP contribution >= 0.6 is 0 Å². The van der Waals surface area contributed by atoms with Gasteiger partial charge in [-0.15, -0.1) is 0 Å². The van der Waals surface area contributed by atoms with Crippen LogP contribution in [0.1, 0.15) is 28.9 Å². The molecule has 4 heteroatoms. The molecule has 122 valence electrons. The van der Waals surface area contributed by atoms with Crippen molar-refractivity contribution >= 4 is 16.7 Å². The third-order valence-corrected chi connectivity index (χ3v) is 4.10. The number of carbonyl (C=O) groups excluding carboxylic acids is 1. The highest BCUT2D eigenvalue weighted by Gasteiger charge is 2.18. The monoisotopic (exact) mass is 321 g/mol. The molecule has 0 saturated carbocycles. The maximum atomic E-state index is 12.5. The molecule has 4 nitrogen and oxygen atoms in total. The molecule has 0 radical (unpaired) electrons. The van der Waals surface area contributed by atoms with E-state index in [0.29, 0.717) is 0 Å². The van der Waals surface area contributed by atoms with Gasteiger partial charge in [-0.1, -0.05) is 48.5 Å². The molecule has 2 N–H and O–H groups in total. The molecule has 0 unspecified atom stereocenters. The fraction of sp³-hybridized carbons (Fsp3) is 0.150. The van der Waals surface area contributed by atoms with Crippen molar-refractivity contribution in [3.63, 3.8) is 0 Å². The Hall–Kier alpha value is -3.01. The normalized spacial score (nSPS) is 11.9. The Labute approximate surface area is 140 Å². The van der Waals surface area contributed by atoms with Crippen molar-refractivity contribution in [2.45, 2.75) is 13.0 Å². The summed E-state index contributed by atoms with van der Waals surface area (Å²) in [5.41, 5.74) is 1.23. The molecule has 1 amide bonds. The van der Waals surface area contributed by atoms with Crippen LogP contribution < -0.4 is 10.1 Å². The standard InChI is InChI=1S/C20H19NO3/c1-13(15-10-5-8-14-7-3-4-9-16(14)15)21-20(23)17-11-6-12-18(24-2)19(17)22/h3-13,22H,1-2H3,(H,21,23)/t13-/m1/s1. The van der Waals surface area contributed by atoms with Crippen LogP contribution in [0.4, 0.5) is 0 Å². The Bertz CT molecular complexity index is 884. The highest BCUT2D eigenvalue weighted by atomic mass is 16.5. The Morgan fingerprint density at radius 1 is 1.04 bits per heavy atom. The maximum absolute atomic E-state index is 12.5. The van der Waals surface area contributed by atoms with Gasteiger partial charge >= 0.3 is 0 Å². The molecular formula is C20H19NO3. The van der Waals surface area contributed by atoms with Crippen LogP contribution in [0.15, 0.2) is 60.7 Å². The minimum atomic E-state index is -0.341. The first-order valence-corrected chi connectivity index (χ1v) is 7.76. The summed E-state index contributed by atoms with van der Waals surface area (Å²) in [6.45, 7) is 1.93. The summed E-state index contributed by atoms with van der Waals surface area (Å²) in [5.74, 6) is -0.213. The molecule has 0 heterocycles. The summed E-state index contributed by atoms with van der Waals surface area (Å²) >= 11 is 0. The molecule has 3 aromatic rings. The molecule has 0 aliphatic heterocycles. The molecule has 0 bridgehead atoms. The van der Waals surface area contributed by atoms with Crippen LogP contribution in [0.2, 0.25) is 0 Å².